The van der Waals surface area contributed by atoms with E-state index in [-0.39, 0.29) is 30.3 Å². The minimum absolute atomic E-state index is 0.0319. The van der Waals surface area contributed by atoms with Gasteiger partial charge in [-0.3, -0.25) is 14.5 Å². The third-order valence-electron chi connectivity index (χ3n) is 3.17. The number of amides is 4. The number of hydrogen-bond donors (Lipinski definition) is 1. The molecule has 4 amide bonds. The molecular weight excluding hydrogens is 248 g/mol. The first-order valence-corrected chi connectivity index (χ1v) is 6.17. The molecule has 0 aliphatic carbocycles. The van der Waals surface area contributed by atoms with E-state index in [1.54, 1.807) is 7.05 Å². The van der Waals surface area contributed by atoms with Gasteiger partial charge in [0.05, 0.1) is 0 Å². The van der Waals surface area contributed by atoms with Crippen molar-refractivity contribution in [2.45, 2.75) is 13.8 Å². The maximum Gasteiger partial charge on any atom is 0.327 e. The lowest BCUT2D eigenvalue weighted by atomic mass is 9.93. The second-order valence-electron chi connectivity index (χ2n) is 5.74. The van der Waals surface area contributed by atoms with Crippen LogP contribution in [-0.4, -0.2) is 72.8 Å². The third-order valence-corrected chi connectivity index (χ3v) is 3.17. The van der Waals surface area contributed by atoms with E-state index in [2.05, 4.69) is 0 Å². The molecule has 0 radical (unpaired) electrons. The Hall–Kier alpha value is -1.63. The first-order valence-electron chi connectivity index (χ1n) is 6.17. The number of carbonyl (C=O) groups excluding carboxylic acids is 3. The highest BCUT2D eigenvalue weighted by molar-refractivity contribution is 6.04. The molecule has 1 aliphatic heterocycles. The van der Waals surface area contributed by atoms with Crippen LogP contribution in [0.15, 0.2) is 0 Å². The molecule has 7 heteroatoms. The summed E-state index contributed by atoms with van der Waals surface area (Å²) < 4.78 is 0. The van der Waals surface area contributed by atoms with E-state index >= 15 is 0 Å². The zero-order valence-corrected chi connectivity index (χ0v) is 12.0. The van der Waals surface area contributed by atoms with Crippen LogP contribution >= 0.6 is 0 Å². The van der Waals surface area contributed by atoms with Crippen molar-refractivity contribution in [1.82, 2.24) is 14.7 Å². The first-order chi connectivity index (χ1) is 8.68. The number of imide groups is 1. The van der Waals surface area contributed by atoms with Crippen LogP contribution < -0.4 is 5.73 Å². The number of nitrogens with two attached hydrogens (primary N) is 1. The maximum atomic E-state index is 12.0. The van der Waals surface area contributed by atoms with Crippen LogP contribution in [0.2, 0.25) is 0 Å². The molecule has 0 unspecified atom stereocenters. The normalized spacial score (nSPS) is 16.3. The number of rotatable bonds is 5. The van der Waals surface area contributed by atoms with Crippen molar-refractivity contribution in [3.63, 3.8) is 0 Å². The van der Waals surface area contributed by atoms with Crippen molar-refractivity contribution < 1.29 is 14.4 Å². The Labute approximate surface area is 113 Å². The van der Waals surface area contributed by atoms with Crippen LogP contribution in [0.1, 0.15) is 13.8 Å². The highest BCUT2D eigenvalue weighted by atomic mass is 16.2. The SMILES string of the molecule is CN(CC(C)(C)CN)C(=O)CN1C(=O)CN(C)C1=O. The van der Waals surface area contributed by atoms with Crippen LogP contribution in [0.3, 0.4) is 0 Å². The lowest BCUT2D eigenvalue weighted by molar-refractivity contribution is -0.136. The molecule has 0 saturated carbocycles. The molecule has 0 atom stereocenters. The molecule has 0 bridgehead atoms. The molecule has 0 aromatic heterocycles. The summed E-state index contributed by atoms with van der Waals surface area (Å²) in [4.78, 5) is 39.0. The smallest absolute Gasteiger partial charge is 0.327 e. The molecule has 7 nitrogen and oxygen atoms in total. The Balaban J connectivity index is 2.60. The average molecular weight is 270 g/mol. The van der Waals surface area contributed by atoms with Crippen molar-refractivity contribution in [2.24, 2.45) is 11.1 Å². The van der Waals surface area contributed by atoms with E-state index in [1.807, 2.05) is 13.8 Å². The Kier molecular flexibility index (Phi) is 4.52. The monoisotopic (exact) mass is 270 g/mol. The van der Waals surface area contributed by atoms with Crippen molar-refractivity contribution in [3.05, 3.63) is 0 Å². The molecule has 1 fully saturated rings. The third kappa shape index (κ3) is 3.66. The lowest BCUT2D eigenvalue weighted by Crippen LogP contribution is -2.45. The van der Waals surface area contributed by atoms with Crippen molar-refractivity contribution >= 4 is 17.8 Å². The molecule has 1 rings (SSSR count). The van der Waals surface area contributed by atoms with Crippen molar-refractivity contribution in [1.29, 1.82) is 0 Å². The summed E-state index contributed by atoms with van der Waals surface area (Å²) in [6.45, 7) is 4.67. The van der Waals surface area contributed by atoms with E-state index < -0.39 is 6.03 Å². The molecule has 1 heterocycles. The molecule has 108 valence electrons. The van der Waals surface area contributed by atoms with E-state index in [1.165, 1.54) is 16.8 Å². The molecule has 1 aliphatic rings. The number of likely N-dealkylation sites (N-methyl/N-ethyl adjacent to an activating group) is 2. The molecule has 0 aromatic rings. The minimum Gasteiger partial charge on any atom is -0.344 e. The summed E-state index contributed by atoms with van der Waals surface area (Å²) in [6, 6.07) is -0.426. The zero-order valence-electron chi connectivity index (χ0n) is 12.0. The van der Waals surface area contributed by atoms with Gasteiger partial charge in [0.15, 0.2) is 0 Å². The highest BCUT2D eigenvalue weighted by Crippen LogP contribution is 2.14. The van der Waals surface area contributed by atoms with E-state index in [0.29, 0.717) is 13.1 Å². The van der Waals surface area contributed by atoms with Gasteiger partial charge in [-0.2, -0.15) is 0 Å². The van der Waals surface area contributed by atoms with Gasteiger partial charge < -0.3 is 15.5 Å². The molecule has 19 heavy (non-hydrogen) atoms. The topological polar surface area (TPSA) is 86.9 Å². The standard InChI is InChI=1S/C12H22N4O3/c1-12(2,7-13)8-15(4)9(17)6-16-10(18)5-14(3)11(16)19/h5-8,13H2,1-4H3. The van der Waals surface area contributed by atoms with Crippen molar-refractivity contribution in [2.75, 3.05) is 40.3 Å². The summed E-state index contributed by atoms with van der Waals surface area (Å²) in [7, 11) is 3.18. The van der Waals surface area contributed by atoms with Gasteiger partial charge in [0.25, 0.3) is 5.91 Å². The van der Waals surface area contributed by atoms with E-state index in [9.17, 15) is 14.4 Å². The molecule has 2 N–H and O–H groups in total. The predicted molar refractivity (Wildman–Crippen MR) is 70.2 cm³/mol. The van der Waals surface area contributed by atoms with Crippen LogP contribution in [0.25, 0.3) is 0 Å². The molecular formula is C12H22N4O3. The van der Waals surface area contributed by atoms with E-state index in [0.717, 1.165) is 4.90 Å². The van der Waals surface area contributed by atoms with Gasteiger partial charge in [0.2, 0.25) is 5.91 Å². The Morgan fingerprint density at radius 3 is 2.42 bits per heavy atom. The van der Waals surface area contributed by atoms with Gasteiger partial charge in [-0.1, -0.05) is 13.8 Å². The number of urea groups is 1. The van der Waals surface area contributed by atoms with Gasteiger partial charge in [-0.05, 0) is 12.0 Å². The molecule has 0 aromatic carbocycles. The molecule has 0 spiro atoms. The number of hydrogen-bond acceptors (Lipinski definition) is 4. The van der Waals surface area contributed by atoms with Gasteiger partial charge in [0, 0.05) is 20.6 Å². The first kappa shape index (κ1) is 15.4. The summed E-state index contributed by atoms with van der Waals surface area (Å²) in [5.41, 5.74) is 5.42. The fourth-order valence-electron chi connectivity index (χ4n) is 1.88. The predicted octanol–water partition coefficient (Wildman–Crippen LogP) is -0.676. The zero-order chi connectivity index (χ0) is 14.8. The average Bonchev–Trinajstić information content (AvgIpc) is 2.55. The van der Waals surface area contributed by atoms with Crippen LogP contribution in [-0.2, 0) is 9.59 Å². The van der Waals surface area contributed by atoms with Gasteiger partial charge in [-0.15, -0.1) is 0 Å². The maximum absolute atomic E-state index is 12.0. The Morgan fingerprint density at radius 1 is 1.42 bits per heavy atom. The largest absolute Gasteiger partial charge is 0.344 e. The lowest BCUT2D eigenvalue weighted by Gasteiger charge is -2.29. The van der Waals surface area contributed by atoms with Gasteiger partial charge in [-0.25, -0.2) is 4.79 Å². The van der Waals surface area contributed by atoms with Crippen LogP contribution in [0.4, 0.5) is 4.79 Å². The van der Waals surface area contributed by atoms with Gasteiger partial charge >= 0.3 is 6.03 Å². The van der Waals surface area contributed by atoms with Crippen molar-refractivity contribution in [3.8, 4) is 0 Å². The summed E-state index contributed by atoms with van der Waals surface area (Å²) in [5.74, 6) is -0.606. The number of nitrogens with zero attached hydrogens (tertiary/aromatic N) is 3. The fraction of sp³-hybridized carbons (Fsp3) is 0.750. The summed E-state index contributed by atoms with van der Waals surface area (Å²) in [5, 5.41) is 0. The molecule has 1 saturated heterocycles. The second kappa shape index (κ2) is 5.56. The highest BCUT2D eigenvalue weighted by Gasteiger charge is 2.35. The Morgan fingerprint density at radius 2 is 2.00 bits per heavy atom. The minimum atomic E-state index is -0.426. The second-order valence-corrected chi connectivity index (χ2v) is 5.74. The fourth-order valence-corrected chi connectivity index (χ4v) is 1.88. The van der Waals surface area contributed by atoms with E-state index in [4.69, 9.17) is 5.73 Å². The summed E-state index contributed by atoms with van der Waals surface area (Å²) >= 11 is 0. The Bertz CT molecular complexity index is 394. The summed E-state index contributed by atoms with van der Waals surface area (Å²) in [6.07, 6.45) is 0. The van der Waals surface area contributed by atoms with Crippen LogP contribution in [0.5, 0.6) is 0 Å². The quantitative estimate of drug-likeness (QED) is 0.671. The van der Waals surface area contributed by atoms with Crippen LogP contribution in [0, 0.1) is 5.41 Å². The number of carbonyl (C=O) groups is 3. The van der Waals surface area contributed by atoms with Gasteiger partial charge in [0.1, 0.15) is 13.1 Å².